The molecule has 0 aliphatic rings. The van der Waals surface area contributed by atoms with E-state index in [0.717, 1.165) is 12.2 Å². The second kappa shape index (κ2) is 5.28. The maximum atomic E-state index is 11.1. The molecule has 0 rings (SSSR count). The van der Waals surface area contributed by atoms with Crippen molar-refractivity contribution in [2.45, 2.75) is 13.3 Å². The Morgan fingerprint density at radius 1 is 1.67 bits per heavy atom. The third-order valence-corrected chi connectivity index (χ3v) is 1.28. The lowest BCUT2D eigenvalue weighted by molar-refractivity contribution is 0.605. The van der Waals surface area contributed by atoms with Crippen LogP contribution in [0.15, 0.2) is 0 Å². The van der Waals surface area contributed by atoms with E-state index in [-0.39, 0.29) is 6.01 Å². The number of hydrogen-bond donors (Lipinski definition) is 0. The van der Waals surface area contributed by atoms with Crippen molar-refractivity contribution < 1.29 is 4.39 Å². The van der Waals surface area contributed by atoms with E-state index < -0.39 is 0 Å². The van der Waals surface area contributed by atoms with E-state index in [4.69, 9.17) is 0 Å². The van der Waals surface area contributed by atoms with Gasteiger partial charge in [0.25, 0.3) is 0 Å². The molecule has 0 nitrogen and oxygen atoms in total. The number of rotatable bonds is 3. The Morgan fingerprint density at radius 2 is 2.33 bits per heavy atom. The zero-order chi connectivity index (χ0) is 4.83. The van der Waals surface area contributed by atoms with Gasteiger partial charge in [-0.05, 0) is 12.2 Å². The molecule has 0 aliphatic heterocycles. The summed E-state index contributed by atoms with van der Waals surface area (Å²) in [4.78, 5) is 0. The fraction of sp³-hybridized carbons (Fsp3) is 1.00. The van der Waals surface area contributed by atoms with E-state index in [9.17, 15) is 4.39 Å². The summed E-state index contributed by atoms with van der Waals surface area (Å²) in [6, 6.07) is -0.228. The Labute approximate surface area is 42.1 Å². The first-order valence-electron chi connectivity index (χ1n) is 2.05. The van der Waals surface area contributed by atoms with Gasteiger partial charge in [0.15, 0.2) is 0 Å². The summed E-state index contributed by atoms with van der Waals surface area (Å²) in [6.07, 6.45) is 1.08. The molecule has 0 saturated carbocycles. The second-order valence-electron chi connectivity index (χ2n) is 1.02. The lowest BCUT2D eigenvalue weighted by Crippen LogP contribution is -1.70. The van der Waals surface area contributed by atoms with Crippen LogP contribution < -0.4 is 0 Å². The fourth-order valence-electron chi connectivity index (χ4n) is 0.199. The van der Waals surface area contributed by atoms with Crippen molar-refractivity contribution in [1.29, 1.82) is 0 Å². The predicted molar refractivity (Wildman–Crippen MR) is 28.7 cm³/mol. The SMILES string of the molecule is CCCSCF. The summed E-state index contributed by atoms with van der Waals surface area (Å²) < 4.78 is 11.1. The summed E-state index contributed by atoms with van der Waals surface area (Å²) in [7, 11) is 0. The van der Waals surface area contributed by atoms with E-state index in [1.54, 1.807) is 0 Å². The minimum absolute atomic E-state index is 0.228. The Kier molecular flexibility index (Phi) is 5.53. The molecule has 0 radical (unpaired) electrons. The van der Waals surface area contributed by atoms with Gasteiger partial charge in [-0.25, -0.2) is 4.39 Å². The lowest BCUT2D eigenvalue weighted by Gasteiger charge is -1.84. The molecule has 6 heavy (non-hydrogen) atoms. The average molecular weight is 108 g/mol. The van der Waals surface area contributed by atoms with Gasteiger partial charge in [-0.3, -0.25) is 0 Å². The second-order valence-corrected chi connectivity index (χ2v) is 2.05. The molecule has 0 aromatic rings. The highest BCUT2D eigenvalue weighted by molar-refractivity contribution is 7.99. The van der Waals surface area contributed by atoms with E-state index in [0.29, 0.717) is 0 Å². The Hall–Kier alpha value is 0.280. The smallest absolute Gasteiger partial charge is 0.135 e. The maximum Gasteiger partial charge on any atom is 0.135 e. The summed E-state index contributed by atoms with van der Waals surface area (Å²) in [5.74, 6) is 0.955. The third-order valence-electron chi connectivity index (χ3n) is 0.426. The molecule has 38 valence electrons. The van der Waals surface area contributed by atoms with Crippen molar-refractivity contribution in [2.24, 2.45) is 0 Å². The minimum Gasteiger partial charge on any atom is -0.239 e. The largest absolute Gasteiger partial charge is 0.239 e. The molecule has 0 spiro atoms. The van der Waals surface area contributed by atoms with Gasteiger partial charge in [-0.15, -0.1) is 11.8 Å². The monoisotopic (exact) mass is 108 g/mol. The van der Waals surface area contributed by atoms with Crippen molar-refractivity contribution in [1.82, 2.24) is 0 Å². The van der Waals surface area contributed by atoms with E-state index in [1.807, 2.05) is 6.92 Å². The van der Waals surface area contributed by atoms with Crippen molar-refractivity contribution in [2.75, 3.05) is 11.8 Å². The molecule has 0 bridgehead atoms. The Bertz CT molecular complexity index is 19.5. The van der Waals surface area contributed by atoms with E-state index in [1.165, 1.54) is 11.8 Å². The van der Waals surface area contributed by atoms with Gasteiger partial charge in [0.05, 0.1) is 0 Å². The van der Waals surface area contributed by atoms with Gasteiger partial charge in [-0.1, -0.05) is 6.92 Å². The molecule has 0 amide bonds. The zero-order valence-corrected chi connectivity index (χ0v) is 4.72. The van der Waals surface area contributed by atoms with Crippen LogP contribution in [0.2, 0.25) is 0 Å². The third kappa shape index (κ3) is 4.28. The van der Waals surface area contributed by atoms with Crippen molar-refractivity contribution in [3.8, 4) is 0 Å². The van der Waals surface area contributed by atoms with Crippen LogP contribution in [0, 0.1) is 0 Å². The Balaban J connectivity index is 2.34. The van der Waals surface area contributed by atoms with Crippen LogP contribution in [0.4, 0.5) is 4.39 Å². The van der Waals surface area contributed by atoms with Gasteiger partial charge < -0.3 is 0 Å². The molecule has 0 aliphatic carbocycles. The molecule has 0 atom stereocenters. The number of alkyl halides is 1. The van der Waals surface area contributed by atoms with Crippen LogP contribution in [0.25, 0.3) is 0 Å². The highest BCUT2D eigenvalue weighted by Crippen LogP contribution is 1.99. The first-order chi connectivity index (χ1) is 2.91. The van der Waals surface area contributed by atoms with Crippen LogP contribution in [0.3, 0.4) is 0 Å². The number of halogens is 1. The molecular weight excluding hydrogens is 99.1 g/mol. The highest BCUT2D eigenvalue weighted by atomic mass is 32.2. The summed E-state index contributed by atoms with van der Waals surface area (Å²) in [6.45, 7) is 2.04. The number of hydrogen-bond acceptors (Lipinski definition) is 1. The van der Waals surface area contributed by atoms with E-state index >= 15 is 0 Å². The van der Waals surface area contributed by atoms with Crippen LogP contribution in [0.5, 0.6) is 0 Å². The molecule has 2 heteroatoms. The molecule has 0 aromatic carbocycles. The molecule has 0 N–H and O–H groups in total. The van der Waals surface area contributed by atoms with Crippen molar-refractivity contribution in [3.05, 3.63) is 0 Å². The molecule has 0 aromatic heterocycles. The summed E-state index contributed by atoms with van der Waals surface area (Å²) in [5.41, 5.74) is 0. The van der Waals surface area contributed by atoms with Gasteiger partial charge in [0.2, 0.25) is 0 Å². The maximum absolute atomic E-state index is 11.1. The summed E-state index contributed by atoms with van der Waals surface area (Å²) >= 11 is 1.34. The normalized spacial score (nSPS) is 9.00. The molecule has 0 saturated heterocycles. The van der Waals surface area contributed by atoms with Crippen molar-refractivity contribution in [3.63, 3.8) is 0 Å². The van der Waals surface area contributed by atoms with Gasteiger partial charge in [0, 0.05) is 0 Å². The van der Waals surface area contributed by atoms with Gasteiger partial charge >= 0.3 is 0 Å². The molecular formula is C4H9FS. The van der Waals surface area contributed by atoms with Gasteiger partial charge in [0.1, 0.15) is 6.01 Å². The topological polar surface area (TPSA) is 0 Å². The quantitative estimate of drug-likeness (QED) is 0.499. The minimum atomic E-state index is -0.228. The first kappa shape index (κ1) is 6.28. The van der Waals surface area contributed by atoms with E-state index in [2.05, 4.69) is 0 Å². The molecule has 0 fully saturated rings. The number of thioether (sulfide) groups is 1. The van der Waals surface area contributed by atoms with Crippen LogP contribution in [-0.4, -0.2) is 11.8 Å². The zero-order valence-electron chi connectivity index (χ0n) is 3.91. The van der Waals surface area contributed by atoms with Gasteiger partial charge in [-0.2, -0.15) is 0 Å². The lowest BCUT2D eigenvalue weighted by atomic mass is 10.6. The molecule has 0 unspecified atom stereocenters. The molecule has 0 heterocycles. The van der Waals surface area contributed by atoms with Crippen molar-refractivity contribution >= 4 is 11.8 Å². The Morgan fingerprint density at radius 3 is 2.50 bits per heavy atom. The predicted octanol–water partition coefficient (Wildman–Crippen LogP) is 2.06. The standard InChI is InChI=1S/C4H9FS/c1-2-3-6-4-5/h2-4H2,1H3. The highest BCUT2D eigenvalue weighted by Gasteiger charge is 1.77. The average Bonchev–Trinajstić information content (AvgIpc) is 1.61. The van der Waals surface area contributed by atoms with Crippen LogP contribution in [-0.2, 0) is 0 Å². The summed E-state index contributed by atoms with van der Waals surface area (Å²) in [5, 5.41) is 0. The fourth-order valence-corrected chi connectivity index (χ4v) is 0.597. The van der Waals surface area contributed by atoms with Crippen LogP contribution in [0.1, 0.15) is 13.3 Å². The van der Waals surface area contributed by atoms with Crippen LogP contribution >= 0.6 is 11.8 Å². The first-order valence-corrected chi connectivity index (χ1v) is 3.21.